The SMILES string of the molecule is C=C(c1ccn2nccc2c1)c1cnc(NC2CCC(C)CC2)nc1C. The second-order valence-corrected chi connectivity index (χ2v) is 7.39. The summed E-state index contributed by atoms with van der Waals surface area (Å²) < 4.78 is 1.85. The maximum absolute atomic E-state index is 4.68. The largest absolute Gasteiger partial charge is 0.351 e. The summed E-state index contributed by atoms with van der Waals surface area (Å²) in [5.41, 5.74) is 4.98. The molecule has 1 fully saturated rings. The lowest BCUT2D eigenvalue weighted by atomic mass is 9.87. The molecule has 0 bridgehead atoms. The number of nitrogens with one attached hydrogen (secondary N) is 1. The van der Waals surface area contributed by atoms with Crippen molar-refractivity contribution in [2.24, 2.45) is 5.92 Å². The summed E-state index contributed by atoms with van der Waals surface area (Å²) >= 11 is 0. The van der Waals surface area contributed by atoms with Crippen molar-refractivity contribution in [2.75, 3.05) is 5.32 Å². The molecule has 5 nitrogen and oxygen atoms in total. The lowest BCUT2D eigenvalue weighted by Crippen LogP contribution is -2.26. The van der Waals surface area contributed by atoms with Crippen LogP contribution in [-0.2, 0) is 0 Å². The zero-order chi connectivity index (χ0) is 18.1. The smallest absolute Gasteiger partial charge is 0.223 e. The van der Waals surface area contributed by atoms with Crippen molar-refractivity contribution in [3.8, 4) is 0 Å². The van der Waals surface area contributed by atoms with E-state index < -0.39 is 0 Å². The van der Waals surface area contributed by atoms with E-state index in [0.717, 1.165) is 39.8 Å². The molecule has 1 N–H and O–H groups in total. The molecule has 0 radical (unpaired) electrons. The van der Waals surface area contributed by atoms with Crippen molar-refractivity contribution in [3.63, 3.8) is 0 Å². The first-order chi connectivity index (χ1) is 12.6. The first-order valence-electron chi connectivity index (χ1n) is 9.33. The predicted molar refractivity (Wildman–Crippen MR) is 105 cm³/mol. The van der Waals surface area contributed by atoms with E-state index in [4.69, 9.17) is 0 Å². The van der Waals surface area contributed by atoms with Crippen LogP contribution in [0.5, 0.6) is 0 Å². The highest BCUT2D eigenvalue weighted by molar-refractivity contribution is 5.80. The van der Waals surface area contributed by atoms with Crippen molar-refractivity contribution in [2.45, 2.75) is 45.6 Å². The molecule has 3 aromatic heterocycles. The molecule has 134 valence electrons. The molecule has 4 rings (SSSR count). The standard InChI is InChI=1S/C21H25N5/c1-14-4-6-18(7-5-14)25-21-22-13-20(16(3)24-21)15(2)17-9-11-26-19(12-17)8-10-23-26/h8-14,18H,2,4-7H2,1,3H3,(H,22,24,25). The fourth-order valence-corrected chi connectivity index (χ4v) is 3.68. The van der Waals surface area contributed by atoms with Gasteiger partial charge in [0.1, 0.15) is 0 Å². The molecule has 0 amide bonds. The number of nitrogens with zero attached hydrogens (tertiary/aromatic N) is 4. The quantitative estimate of drug-likeness (QED) is 0.756. The van der Waals surface area contributed by atoms with Gasteiger partial charge < -0.3 is 5.32 Å². The van der Waals surface area contributed by atoms with Gasteiger partial charge in [0.15, 0.2) is 0 Å². The predicted octanol–water partition coefficient (Wildman–Crippen LogP) is 4.48. The zero-order valence-corrected chi connectivity index (χ0v) is 15.4. The molecule has 1 aliphatic carbocycles. The number of aromatic nitrogens is 4. The van der Waals surface area contributed by atoms with Crippen LogP contribution in [0.1, 0.15) is 49.4 Å². The first kappa shape index (κ1) is 16.8. The number of hydrogen-bond acceptors (Lipinski definition) is 4. The molecule has 26 heavy (non-hydrogen) atoms. The van der Waals surface area contributed by atoms with Crippen LogP contribution in [0, 0.1) is 12.8 Å². The van der Waals surface area contributed by atoms with Gasteiger partial charge in [-0.3, -0.25) is 0 Å². The molecule has 0 aliphatic heterocycles. The van der Waals surface area contributed by atoms with Gasteiger partial charge in [0.25, 0.3) is 0 Å². The van der Waals surface area contributed by atoms with Crippen molar-refractivity contribution in [1.82, 2.24) is 19.6 Å². The van der Waals surface area contributed by atoms with Crippen LogP contribution in [0.25, 0.3) is 11.1 Å². The van der Waals surface area contributed by atoms with E-state index in [-0.39, 0.29) is 0 Å². The van der Waals surface area contributed by atoms with Gasteiger partial charge in [-0.05, 0) is 67.9 Å². The summed E-state index contributed by atoms with van der Waals surface area (Å²) in [6.07, 6.45) is 10.6. The van der Waals surface area contributed by atoms with Crippen LogP contribution in [0.15, 0.2) is 43.4 Å². The fraction of sp³-hybridized carbons (Fsp3) is 0.381. The summed E-state index contributed by atoms with van der Waals surface area (Å²) in [6.45, 7) is 8.62. The summed E-state index contributed by atoms with van der Waals surface area (Å²) in [5, 5.41) is 7.74. The van der Waals surface area contributed by atoms with Crippen LogP contribution >= 0.6 is 0 Å². The Bertz CT molecular complexity index is 934. The van der Waals surface area contributed by atoms with Crippen molar-refractivity contribution in [3.05, 3.63) is 60.2 Å². The third-order valence-electron chi connectivity index (χ3n) is 5.40. The average molecular weight is 347 g/mol. The van der Waals surface area contributed by atoms with Gasteiger partial charge in [-0.15, -0.1) is 0 Å². The first-order valence-corrected chi connectivity index (χ1v) is 9.33. The second kappa shape index (κ2) is 6.90. The van der Waals surface area contributed by atoms with Crippen molar-refractivity contribution < 1.29 is 0 Å². The minimum Gasteiger partial charge on any atom is -0.351 e. The lowest BCUT2D eigenvalue weighted by molar-refractivity contribution is 0.360. The summed E-state index contributed by atoms with van der Waals surface area (Å²) in [5.74, 6) is 1.57. The molecular weight excluding hydrogens is 322 g/mol. The maximum Gasteiger partial charge on any atom is 0.223 e. The molecule has 0 aromatic carbocycles. The number of hydrogen-bond donors (Lipinski definition) is 1. The average Bonchev–Trinajstić information content (AvgIpc) is 3.11. The number of fused-ring (bicyclic) bond motifs is 1. The van der Waals surface area contributed by atoms with E-state index in [1.54, 1.807) is 6.20 Å². The number of pyridine rings is 1. The van der Waals surface area contributed by atoms with E-state index >= 15 is 0 Å². The van der Waals surface area contributed by atoms with Crippen LogP contribution in [-0.4, -0.2) is 25.6 Å². The highest BCUT2D eigenvalue weighted by Crippen LogP contribution is 2.27. The van der Waals surface area contributed by atoms with Gasteiger partial charge >= 0.3 is 0 Å². The van der Waals surface area contributed by atoms with Gasteiger partial charge in [-0.1, -0.05) is 13.5 Å². The van der Waals surface area contributed by atoms with Crippen molar-refractivity contribution in [1.29, 1.82) is 0 Å². The lowest BCUT2D eigenvalue weighted by Gasteiger charge is -2.27. The number of anilines is 1. The molecule has 1 saturated carbocycles. The Morgan fingerprint density at radius 3 is 2.81 bits per heavy atom. The van der Waals surface area contributed by atoms with Gasteiger partial charge in [0, 0.05) is 30.2 Å². The van der Waals surface area contributed by atoms with E-state index in [1.165, 1.54) is 25.7 Å². The second-order valence-electron chi connectivity index (χ2n) is 7.39. The normalized spacial score (nSPS) is 20.2. The molecule has 3 heterocycles. The molecular formula is C21H25N5. The van der Waals surface area contributed by atoms with E-state index in [9.17, 15) is 0 Å². The Morgan fingerprint density at radius 2 is 2.04 bits per heavy atom. The topological polar surface area (TPSA) is 55.1 Å². The molecule has 0 atom stereocenters. The van der Waals surface area contributed by atoms with Gasteiger partial charge in [0.05, 0.1) is 11.2 Å². The third kappa shape index (κ3) is 3.34. The molecule has 0 saturated heterocycles. The Morgan fingerprint density at radius 1 is 1.23 bits per heavy atom. The summed E-state index contributed by atoms with van der Waals surface area (Å²) in [6, 6.07) is 6.59. The van der Waals surface area contributed by atoms with Crippen LogP contribution in [0.4, 0.5) is 5.95 Å². The molecule has 3 aromatic rings. The maximum atomic E-state index is 4.68. The number of aryl methyl sites for hydroxylation is 1. The highest BCUT2D eigenvalue weighted by atomic mass is 15.2. The minimum absolute atomic E-state index is 0.490. The fourth-order valence-electron chi connectivity index (χ4n) is 3.68. The van der Waals surface area contributed by atoms with E-state index in [1.807, 2.05) is 36.0 Å². The monoisotopic (exact) mass is 347 g/mol. The minimum atomic E-state index is 0.490. The Labute approximate surface area is 154 Å². The van der Waals surface area contributed by atoms with E-state index in [2.05, 4.69) is 40.0 Å². The summed E-state index contributed by atoms with van der Waals surface area (Å²) in [7, 11) is 0. The van der Waals surface area contributed by atoms with Gasteiger partial charge in [-0.25, -0.2) is 14.5 Å². The molecule has 0 unspecified atom stereocenters. The zero-order valence-electron chi connectivity index (χ0n) is 15.4. The Balaban J connectivity index is 1.52. The van der Waals surface area contributed by atoms with Crippen LogP contribution in [0.2, 0.25) is 0 Å². The number of rotatable bonds is 4. The highest BCUT2D eigenvalue weighted by Gasteiger charge is 2.19. The summed E-state index contributed by atoms with van der Waals surface area (Å²) in [4.78, 5) is 9.24. The molecule has 1 aliphatic rings. The molecule has 5 heteroatoms. The van der Waals surface area contributed by atoms with Crippen LogP contribution < -0.4 is 5.32 Å². The Kier molecular flexibility index (Phi) is 4.45. The van der Waals surface area contributed by atoms with Crippen molar-refractivity contribution >= 4 is 17.0 Å². The third-order valence-corrected chi connectivity index (χ3v) is 5.40. The van der Waals surface area contributed by atoms with Gasteiger partial charge in [0.2, 0.25) is 5.95 Å². The van der Waals surface area contributed by atoms with Gasteiger partial charge in [-0.2, -0.15) is 5.10 Å². The molecule has 0 spiro atoms. The van der Waals surface area contributed by atoms with Crippen LogP contribution in [0.3, 0.4) is 0 Å². The van der Waals surface area contributed by atoms with E-state index in [0.29, 0.717) is 6.04 Å². The Hall–Kier alpha value is -2.69.